The highest BCUT2D eigenvalue weighted by Crippen LogP contribution is 2.75. The van der Waals surface area contributed by atoms with Crippen LogP contribution in [0.5, 0.6) is 0 Å². The molecule has 12 rings (SSSR count). The Morgan fingerprint density at radius 1 is 0.758 bits per heavy atom. The van der Waals surface area contributed by atoms with Crippen molar-refractivity contribution in [2.24, 2.45) is 10.9 Å². The number of rotatable bonds is 4. The summed E-state index contributed by atoms with van der Waals surface area (Å²) in [6.07, 6.45) is 21.6. The zero-order valence-corrected chi connectivity index (χ0v) is 38.3. The standard InChI is InChI=1S/C58H66N4/c1-37(2)47-32-39-21-17-18-26-45(39)51-48(47)33-49-53(51)59-36-62-54(49)52-46-29-28-42(55(3,4)5)31-40(46)27-30-50(52)56(6)57(62,7)58(56)60(43-22-13-9-14-23-43)34-41(38-19-11-8-12-20-38)35-61(58)44-24-15-10-16-25-44/h8,11-12,17-21,26-32,34-37,43-44,49,53H,9-10,13-16,22-25,33H2,1-7H3/q+2. The second-order valence-electron chi connectivity index (χ2n) is 22.0. The van der Waals surface area contributed by atoms with Crippen LogP contribution < -0.4 is 0 Å². The lowest BCUT2D eigenvalue weighted by molar-refractivity contribution is -0.668. The van der Waals surface area contributed by atoms with Gasteiger partial charge in [0.1, 0.15) is 11.1 Å². The number of benzene rings is 5. The first kappa shape index (κ1) is 38.8. The molecule has 0 amide bonds. The molecule has 4 nitrogen and oxygen atoms in total. The van der Waals surface area contributed by atoms with Crippen LogP contribution in [0, 0.1) is 5.92 Å². The normalized spacial score (nSPS) is 29.4. The third-order valence-corrected chi connectivity index (χ3v) is 17.7. The van der Waals surface area contributed by atoms with Crippen LogP contribution in [0.4, 0.5) is 0 Å². The molecular weight excluding hydrogens is 753 g/mol. The van der Waals surface area contributed by atoms with Gasteiger partial charge in [-0.3, -0.25) is 0 Å². The molecule has 0 N–H and O–H groups in total. The number of allylic oxidation sites excluding steroid dienone is 1. The summed E-state index contributed by atoms with van der Waals surface area (Å²) >= 11 is 0. The molecule has 4 heteroatoms. The molecular formula is C58H66N4+2. The second kappa shape index (κ2) is 13.6. The average Bonchev–Trinajstić information content (AvgIpc) is 3.51. The maximum Gasteiger partial charge on any atom is 0.297 e. The van der Waals surface area contributed by atoms with Gasteiger partial charge in [0.25, 0.3) is 12.0 Å². The molecule has 3 fully saturated rings. The Morgan fingerprint density at radius 2 is 1.47 bits per heavy atom. The highest BCUT2D eigenvalue weighted by Gasteiger charge is 3.00. The minimum absolute atomic E-state index is 0.0695. The smallest absolute Gasteiger partial charge is 0.297 e. The Kier molecular flexibility index (Phi) is 8.51. The number of fused-ring (bicyclic) bond motifs is 15. The van der Waals surface area contributed by atoms with Crippen LogP contribution in [-0.2, 0) is 17.3 Å². The first-order valence-electron chi connectivity index (χ1n) is 24.5. The van der Waals surface area contributed by atoms with E-state index in [-0.39, 0.29) is 34.0 Å². The zero-order chi connectivity index (χ0) is 42.3. The molecule has 0 radical (unpaired) electrons. The van der Waals surface area contributed by atoms with Gasteiger partial charge in [-0.1, -0.05) is 156 Å². The van der Waals surface area contributed by atoms with E-state index >= 15 is 0 Å². The van der Waals surface area contributed by atoms with Crippen LogP contribution in [0.3, 0.4) is 0 Å². The molecule has 3 heterocycles. The highest BCUT2D eigenvalue weighted by atomic mass is 15.5. The molecule has 0 aromatic heterocycles. The first-order chi connectivity index (χ1) is 30.0. The molecule has 7 aliphatic rings. The third-order valence-electron chi connectivity index (χ3n) is 17.7. The average molecular weight is 819 g/mol. The number of hydrogen-bond acceptors (Lipinski definition) is 2. The molecule has 3 aliphatic heterocycles. The third kappa shape index (κ3) is 4.99. The van der Waals surface area contributed by atoms with E-state index in [9.17, 15) is 0 Å². The van der Waals surface area contributed by atoms with E-state index in [0.717, 1.165) is 6.42 Å². The summed E-state index contributed by atoms with van der Waals surface area (Å²) in [7, 11) is 0. The summed E-state index contributed by atoms with van der Waals surface area (Å²) in [4.78, 5) is 8.86. The number of hydrogen-bond donors (Lipinski definition) is 0. The quantitative estimate of drug-likeness (QED) is 0.166. The molecule has 5 aromatic rings. The van der Waals surface area contributed by atoms with E-state index in [1.807, 2.05) is 0 Å². The van der Waals surface area contributed by atoms with Crippen molar-refractivity contribution < 1.29 is 9.15 Å². The van der Waals surface area contributed by atoms with Crippen LogP contribution in [0.15, 0.2) is 102 Å². The van der Waals surface area contributed by atoms with E-state index in [1.165, 1.54) is 125 Å². The number of nitrogens with zero attached hydrogens (tertiary/aromatic N) is 4. The van der Waals surface area contributed by atoms with Crippen LogP contribution in [-0.4, -0.2) is 55.6 Å². The van der Waals surface area contributed by atoms with Gasteiger partial charge in [-0.25, -0.2) is 9.15 Å². The van der Waals surface area contributed by atoms with Gasteiger partial charge in [0.15, 0.2) is 18.3 Å². The largest absolute Gasteiger partial charge is 0.310 e. The van der Waals surface area contributed by atoms with Gasteiger partial charge in [-0.2, -0.15) is 0 Å². The molecule has 0 saturated heterocycles. The van der Waals surface area contributed by atoms with Gasteiger partial charge >= 0.3 is 0 Å². The van der Waals surface area contributed by atoms with E-state index in [4.69, 9.17) is 4.99 Å². The van der Waals surface area contributed by atoms with Gasteiger partial charge in [-0.05, 0) is 107 Å². The van der Waals surface area contributed by atoms with Gasteiger partial charge in [0, 0.05) is 36.2 Å². The fourth-order valence-corrected chi connectivity index (χ4v) is 14.6. The highest BCUT2D eigenvalue weighted by molar-refractivity contribution is 6.15. The van der Waals surface area contributed by atoms with Gasteiger partial charge in [0.05, 0.1) is 11.5 Å². The van der Waals surface area contributed by atoms with Crippen molar-refractivity contribution in [1.82, 2.24) is 4.90 Å². The van der Waals surface area contributed by atoms with Gasteiger partial charge < -0.3 is 4.90 Å². The van der Waals surface area contributed by atoms with Crippen molar-refractivity contribution in [3.05, 3.63) is 136 Å². The Bertz CT molecular complexity index is 2800. The van der Waals surface area contributed by atoms with Crippen molar-refractivity contribution in [3.63, 3.8) is 0 Å². The Labute approximate surface area is 370 Å². The summed E-state index contributed by atoms with van der Waals surface area (Å²) in [6, 6.07) is 36.6. The fourth-order valence-electron chi connectivity index (χ4n) is 14.6. The Morgan fingerprint density at radius 3 is 2.21 bits per heavy atom. The first-order valence-corrected chi connectivity index (χ1v) is 24.5. The van der Waals surface area contributed by atoms with Crippen molar-refractivity contribution in [3.8, 4) is 0 Å². The monoisotopic (exact) mass is 819 g/mol. The lowest BCUT2D eigenvalue weighted by atomic mass is 9.75. The van der Waals surface area contributed by atoms with Gasteiger partial charge in [0.2, 0.25) is 5.54 Å². The van der Waals surface area contributed by atoms with Crippen LogP contribution in [0.25, 0.3) is 27.1 Å². The fraction of sp³-hybridized carbons (Fsp3) is 0.466. The Balaban J connectivity index is 1.16. The van der Waals surface area contributed by atoms with Gasteiger partial charge in [-0.15, -0.1) is 0 Å². The van der Waals surface area contributed by atoms with E-state index in [2.05, 4.69) is 172 Å². The summed E-state index contributed by atoms with van der Waals surface area (Å²) in [6.45, 7) is 17.2. The summed E-state index contributed by atoms with van der Waals surface area (Å²) in [5.74, 6) is 0.691. The molecule has 5 aromatic carbocycles. The lowest BCUT2D eigenvalue weighted by Crippen LogP contribution is -2.61. The predicted molar refractivity (Wildman–Crippen MR) is 258 cm³/mol. The summed E-state index contributed by atoms with van der Waals surface area (Å²) < 4.78 is 5.84. The summed E-state index contributed by atoms with van der Waals surface area (Å²) in [5.41, 5.74) is 12.5. The predicted octanol–water partition coefficient (Wildman–Crippen LogP) is 13.0. The lowest BCUT2D eigenvalue weighted by Gasteiger charge is -2.43. The molecule has 5 atom stereocenters. The minimum Gasteiger partial charge on any atom is -0.310 e. The van der Waals surface area contributed by atoms with Crippen molar-refractivity contribution >= 4 is 45.4 Å². The van der Waals surface area contributed by atoms with E-state index in [0.29, 0.717) is 18.0 Å². The molecule has 3 saturated carbocycles. The van der Waals surface area contributed by atoms with Crippen LogP contribution >= 0.6 is 0 Å². The number of aliphatic imine (C=N–C) groups is 1. The Hall–Kier alpha value is -4.83. The zero-order valence-electron chi connectivity index (χ0n) is 38.3. The molecule has 316 valence electrons. The molecule has 5 unspecified atom stereocenters. The van der Waals surface area contributed by atoms with Crippen LogP contribution in [0.2, 0.25) is 0 Å². The van der Waals surface area contributed by atoms with Crippen molar-refractivity contribution in [1.29, 1.82) is 0 Å². The van der Waals surface area contributed by atoms with E-state index < -0.39 is 0 Å². The van der Waals surface area contributed by atoms with E-state index in [1.54, 1.807) is 11.1 Å². The maximum atomic E-state index is 5.85. The second-order valence-corrected chi connectivity index (χ2v) is 22.0. The molecule has 4 aliphatic carbocycles. The van der Waals surface area contributed by atoms with Crippen molar-refractivity contribution in [2.45, 2.75) is 165 Å². The molecule has 1 spiro atoms. The SMILES string of the molecule is CC(C)c1cc2ccccc2c2c1CC1C3=[N+](C=NC21)C1(C)C(C)(c2ccc4cc(C(C)(C)C)ccc4c23)C12N(C1CCCCC1)C=C(c1ccccc1)C=[N+]2C1CCCCC1. The summed E-state index contributed by atoms with van der Waals surface area (Å²) in [5, 5.41) is 5.52. The molecule has 62 heavy (non-hydrogen) atoms. The maximum absolute atomic E-state index is 5.85. The topological polar surface area (TPSA) is 21.6 Å². The molecule has 0 bridgehead atoms. The van der Waals surface area contributed by atoms with Crippen LogP contribution in [0.1, 0.15) is 164 Å². The minimum atomic E-state index is -0.308. The van der Waals surface area contributed by atoms with Crippen molar-refractivity contribution in [2.75, 3.05) is 0 Å².